The highest BCUT2D eigenvalue weighted by Crippen LogP contribution is 2.03. The van der Waals surface area contributed by atoms with Crippen molar-refractivity contribution in [3.8, 4) is 0 Å². The zero-order valence-electron chi connectivity index (χ0n) is 6.33. The normalized spacial score (nSPS) is 16.5. The Hall–Kier alpha value is -1.35. The molecule has 1 aliphatic heterocycles. The highest BCUT2D eigenvalue weighted by Gasteiger charge is 2.12. The lowest BCUT2D eigenvalue weighted by atomic mass is 10.3. The molecule has 0 atom stereocenters. The molecular weight excluding hydrogens is 138 g/mol. The van der Waals surface area contributed by atoms with Crippen LogP contribution in [-0.4, -0.2) is 10.2 Å². The lowest BCUT2D eigenvalue weighted by Crippen LogP contribution is -2.96. The summed E-state index contributed by atoms with van der Waals surface area (Å²) >= 11 is 0. The van der Waals surface area contributed by atoms with Crippen LogP contribution >= 0.6 is 0 Å². The van der Waals surface area contributed by atoms with Gasteiger partial charge in [0, 0.05) is 0 Å². The first kappa shape index (κ1) is 6.37. The van der Waals surface area contributed by atoms with Gasteiger partial charge >= 0.3 is 0 Å². The van der Waals surface area contributed by atoms with Crippen molar-refractivity contribution in [1.29, 1.82) is 0 Å². The van der Waals surface area contributed by atoms with E-state index in [1.807, 2.05) is 25.3 Å². The van der Waals surface area contributed by atoms with Crippen molar-refractivity contribution in [3.05, 3.63) is 36.3 Å². The summed E-state index contributed by atoms with van der Waals surface area (Å²) in [5.74, 6) is 1.12. The number of hydrogen-bond acceptors (Lipinski definition) is 1. The molecule has 0 spiro atoms. The lowest BCUT2D eigenvalue weighted by Gasteiger charge is -2.02. The second-order valence-corrected chi connectivity index (χ2v) is 2.60. The standard InChI is InChI=1S/C8H9N3/c1-7-6-9-10-8(7)11-4-2-3-5-11/h2-6H,1H3,(H,9,10)/p+1. The Kier molecular flexibility index (Phi) is 1.36. The van der Waals surface area contributed by atoms with Crippen LogP contribution in [0.5, 0.6) is 0 Å². The van der Waals surface area contributed by atoms with E-state index in [1.165, 1.54) is 10.5 Å². The van der Waals surface area contributed by atoms with Gasteiger partial charge in [-0.1, -0.05) is 0 Å². The van der Waals surface area contributed by atoms with Crippen molar-refractivity contribution < 1.29 is 4.90 Å². The predicted molar refractivity (Wildman–Crippen MR) is 42.2 cm³/mol. The fraction of sp³-hybridized carbons (Fsp3) is 0.125. The molecule has 2 N–H and O–H groups in total. The molecule has 0 fully saturated rings. The summed E-state index contributed by atoms with van der Waals surface area (Å²) < 4.78 is 0. The van der Waals surface area contributed by atoms with E-state index in [1.54, 1.807) is 0 Å². The van der Waals surface area contributed by atoms with E-state index < -0.39 is 0 Å². The SMILES string of the molecule is Cc1cn[nH]c1[NH+]1C=CC=C1. The maximum atomic E-state index is 3.95. The molecule has 0 amide bonds. The number of aromatic nitrogens is 2. The second kappa shape index (κ2) is 2.36. The Bertz CT molecular complexity index is 297. The van der Waals surface area contributed by atoms with Gasteiger partial charge in [-0.2, -0.15) is 5.10 Å². The van der Waals surface area contributed by atoms with Crippen LogP contribution in [0.15, 0.2) is 30.7 Å². The lowest BCUT2D eigenvalue weighted by molar-refractivity contribution is -0.713. The maximum Gasteiger partial charge on any atom is 0.233 e. The van der Waals surface area contributed by atoms with Crippen molar-refractivity contribution in [1.82, 2.24) is 10.2 Å². The Balaban J connectivity index is 2.36. The summed E-state index contributed by atoms with van der Waals surface area (Å²) in [6, 6.07) is 0. The third kappa shape index (κ3) is 0.991. The molecule has 1 aromatic rings. The Morgan fingerprint density at radius 1 is 1.36 bits per heavy atom. The number of rotatable bonds is 1. The fourth-order valence-corrected chi connectivity index (χ4v) is 1.18. The predicted octanol–water partition coefficient (Wildman–Crippen LogP) is 0.276. The van der Waals surface area contributed by atoms with Gasteiger partial charge in [0.1, 0.15) is 12.4 Å². The molecular formula is C8H10N3+. The first-order valence-corrected chi connectivity index (χ1v) is 3.60. The highest BCUT2D eigenvalue weighted by molar-refractivity contribution is 5.29. The van der Waals surface area contributed by atoms with Gasteiger partial charge in [0.05, 0.1) is 11.8 Å². The average molecular weight is 148 g/mol. The molecule has 2 rings (SSSR count). The zero-order valence-corrected chi connectivity index (χ0v) is 6.33. The fourth-order valence-electron chi connectivity index (χ4n) is 1.18. The molecule has 3 nitrogen and oxygen atoms in total. The van der Waals surface area contributed by atoms with Crippen LogP contribution in [0.3, 0.4) is 0 Å². The van der Waals surface area contributed by atoms with E-state index in [2.05, 4.69) is 22.6 Å². The molecule has 2 heterocycles. The van der Waals surface area contributed by atoms with E-state index in [-0.39, 0.29) is 0 Å². The van der Waals surface area contributed by atoms with Gasteiger partial charge in [0.2, 0.25) is 5.82 Å². The Labute approximate surface area is 65.0 Å². The number of nitrogens with one attached hydrogen (secondary N) is 2. The van der Waals surface area contributed by atoms with Crippen molar-refractivity contribution in [2.75, 3.05) is 0 Å². The molecule has 1 aliphatic rings. The van der Waals surface area contributed by atoms with E-state index in [4.69, 9.17) is 0 Å². The highest BCUT2D eigenvalue weighted by atomic mass is 15.3. The molecule has 0 saturated carbocycles. The van der Waals surface area contributed by atoms with E-state index in [0.717, 1.165) is 5.82 Å². The summed E-state index contributed by atoms with van der Waals surface area (Å²) in [6.45, 7) is 2.05. The summed E-state index contributed by atoms with van der Waals surface area (Å²) in [5.41, 5.74) is 1.19. The number of nitrogens with zero attached hydrogens (tertiary/aromatic N) is 1. The van der Waals surface area contributed by atoms with Gasteiger partial charge in [0.15, 0.2) is 0 Å². The van der Waals surface area contributed by atoms with Gasteiger partial charge in [0.25, 0.3) is 0 Å². The second-order valence-electron chi connectivity index (χ2n) is 2.60. The van der Waals surface area contributed by atoms with Gasteiger partial charge in [-0.3, -0.25) is 0 Å². The molecule has 3 heteroatoms. The van der Waals surface area contributed by atoms with Gasteiger partial charge in [-0.05, 0) is 19.1 Å². The third-order valence-corrected chi connectivity index (χ3v) is 1.78. The minimum absolute atomic E-state index is 1.12. The molecule has 0 saturated heterocycles. The van der Waals surface area contributed by atoms with Crippen molar-refractivity contribution in [2.45, 2.75) is 6.92 Å². The van der Waals surface area contributed by atoms with Crippen LogP contribution < -0.4 is 4.90 Å². The zero-order chi connectivity index (χ0) is 7.68. The summed E-state index contributed by atoms with van der Waals surface area (Å²) in [6.07, 6.45) is 10.0. The van der Waals surface area contributed by atoms with Crippen LogP contribution in [0.25, 0.3) is 0 Å². The van der Waals surface area contributed by atoms with Crippen LogP contribution in [0.4, 0.5) is 5.82 Å². The number of quaternary nitrogens is 1. The van der Waals surface area contributed by atoms with Crippen LogP contribution in [0.1, 0.15) is 5.56 Å². The number of aromatic amines is 1. The summed E-state index contributed by atoms with van der Waals surface area (Å²) in [5, 5.41) is 6.91. The van der Waals surface area contributed by atoms with Crippen molar-refractivity contribution >= 4 is 5.82 Å². The molecule has 0 radical (unpaired) electrons. The third-order valence-electron chi connectivity index (χ3n) is 1.78. The first-order chi connectivity index (χ1) is 5.38. The molecule has 0 bridgehead atoms. The minimum Gasteiger partial charge on any atom is -0.234 e. The molecule has 0 aliphatic carbocycles. The Morgan fingerprint density at radius 3 is 2.64 bits per heavy atom. The maximum absolute atomic E-state index is 3.95. The van der Waals surface area contributed by atoms with E-state index in [0.29, 0.717) is 0 Å². The minimum atomic E-state index is 1.12. The summed E-state index contributed by atoms with van der Waals surface area (Å²) in [7, 11) is 0. The van der Waals surface area contributed by atoms with E-state index >= 15 is 0 Å². The van der Waals surface area contributed by atoms with Gasteiger partial charge in [-0.25, -0.2) is 10.00 Å². The molecule has 0 aromatic carbocycles. The summed E-state index contributed by atoms with van der Waals surface area (Å²) in [4.78, 5) is 1.21. The molecule has 56 valence electrons. The monoisotopic (exact) mass is 148 g/mol. The van der Waals surface area contributed by atoms with E-state index in [9.17, 15) is 0 Å². The first-order valence-electron chi connectivity index (χ1n) is 3.60. The van der Waals surface area contributed by atoms with Crippen LogP contribution in [0.2, 0.25) is 0 Å². The molecule has 11 heavy (non-hydrogen) atoms. The van der Waals surface area contributed by atoms with Gasteiger partial charge in [-0.15, -0.1) is 0 Å². The van der Waals surface area contributed by atoms with Gasteiger partial charge < -0.3 is 0 Å². The molecule has 0 unspecified atom stereocenters. The van der Waals surface area contributed by atoms with Crippen LogP contribution in [0, 0.1) is 6.92 Å². The average Bonchev–Trinajstić information content (AvgIpc) is 2.55. The largest absolute Gasteiger partial charge is 0.234 e. The number of H-pyrrole nitrogens is 1. The van der Waals surface area contributed by atoms with Crippen LogP contribution in [-0.2, 0) is 0 Å². The molecule has 1 aromatic heterocycles. The topological polar surface area (TPSA) is 33.1 Å². The van der Waals surface area contributed by atoms with Crippen molar-refractivity contribution in [2.24, 2.45) is 0 Å². The smallest absolute Gasteiger partial charge is 0.233 e. The number of aryl methyl sites for hydroxylation is 1. The number of allylic oxidation sites excluding steroid dienone is 2. The number of hydrogen-bond donors (Lipinski definition) is 2. The quantitative estimate of drug-likeness (QED) is 0.589. The Morgan fingerprint density at radius 2 is 2.09 bits per heavy atom. The van der Waals surface area contributed by atoms with Crippen molar-refractivity contribution in [3.63, 3.8) is 0 Å².